The van der Waals surface area contributed by atoms with Crippen molar-refractivity contribution in [3.8, 4) is 11.5 Å². The van der Waals surface area contributed by atoms with Gasteiger partial charge in [-0.25, -0.2) is 14.2 Å². The second kappa shape index (κ2) is 8.81. The van der Waals surface area contributed by atoms with Crippen LogP contribution in [0, 0.1) is 5.82 Å². The smallest absolute Gasteiger partial charge is 0.363 e. The average Bonchev–Trinajstić information content (AvgIpc) is 3.06. The monoisotopic (exact) mass is 379 g/mol. The number of carbonyl (C=O) groups excluding carboxylic acids is 1. The maximum Gasteiger partial charge on any atom is 0.363 e. The van der Waals surface area contributed by atoms with E-state index in [1.165, 1.54) is 24.3 Å². The molecule has 0 aliphatic carbocycles. The van der Waals surface area contributed by atoms with E-state index in [4.69, 9.17) is 14.2 Å². The highest BCUT2D eigenvalue weighted by molar-refractivity contribution is 6.12. The van der Waals surface area contributed by atoms with Gasteiger partial charge in [0.25, 0.3) is 0 Å². The Hall–Kier alpha value is -3.67. The maximum absolute atomic E-state index is 13.1. The molecule has 0 atom stereocenters. The molecule has 28 heavy (non-hydrogen) atoms. The van der Waals surface area contributed by atoms with Gasteiger partial charge in [-0.15, -0.1) is 0 Å². The van der Waals surface area contributed by atoms with Crippen molar-refractivity contribution in [2.24, 2.45) is 4.99 Å². The number of rotatable bonds is 8. The Bertz CT molecular complexity index is 961. The Morgan fingerprint density at radius 2 is 1.68 bits per heavy atom. The van der Waals surface area contributed by atoms with E-state index >= 15 is 0 Å². The lowest BCUT2D eigenvalue weighted by molar-refractivity contribution is -0.129. The Morgan fingerprint density at radius 3 is 2.36 bits per heavy atom. The third-order valence-electron chi connectivity index (χ3n) is 3.70. The first-order chi connectivity index (χ1) is 13.6. The lowest BCUT2D eigenvalue weighted by Crippen LogP contribution is -2.05. The summed E-state index contributed by atoms with van der Waals surface area (Å²) in [5.74, 6) is 0.221. The van der Waals surface area contributed by atoms with E-state index in [1.807, 2.05) is 0 Å². The van der Waals surface area contributed by atoms with Crippen molar-refractivity contribution in [3.63, 3.8) is 0 Å². The van der Waals surface area contributed by atoms with Gasteiger partial charge in [0.15, 0.2) is 17.2 Å². The minimum Gasteiger partial charge on any atom is -0.486 e. The number of hydrogen-bond donors (Lipinski definition) is 0. The third-order valence-corrected chi connectivity index (χ3v) is 3.70. The van der Waals surface area contributed by atoms with E-state index in [-0.39, 0.29) is 17.4 Å². The normalized spacial score (nSPS) is 14.4. The number of hydrogen-bond acceptors (Lipinski definition) is 5. The number of nitrogens with zero attached hydrogens (tertiary/aromatic N) is 1. The first-order valence-corrected chi connectivity index (χ1v) is 8.50. The van der Waals surface area contributed by atoms with Gasteiger partial charge in [-0.3, -0.25) is 0 Å². The lowest BCUT2D eigenvalue weighted by atomic mass is 10.1. The standard InChI is InChI=1S/C22H18FNO4/c1-3-11-26-19-10-5-15(14-20(19)27-12-4-2)13-18-22(25)28-21(24-18)16-6-8-17(23)9-7-16/h3-10,13-14H,1-2,11-12H2. The number of esters is 1. The highest BCUT2D eigenvalue weighted by atomic mass is 19.1. The third kappa shape index (κ3) is 4.54. The van der Waals surface area contributed by atoms with Gasteiger partial charge < -0.3 is 14.2 Å². The molecule has 1 aliphatic rings. The van der Waals surface area contributed by atoms with Crippen LogP contribution in [-0.4, -0.2) is 25.1 Å². The lowest BCUT2D eigenvalue weighted by Gasteiger charge is -2.11. The summed E-state index contributed by atoms with van der Waals surface area (Å²) in [4.78, 5) is 16.3. The number of aliphatic imine (C=N–C) groups is 1. The van der Waals surface area contributed by atoms with Crippen molar-refractivity contribution >= 4 is 17.9 Å². The molecule has 0 amide bonds. The fourth-order valence-electron chi connectivity index (χ4n) is 2.43. The zero-order chi connectivity index (χ0) is 19.9. The number of cyclic esters (lactones) is 1. The predicted octanol–water partition coefficient (Wildman–Crippen LogP) is 4.30. The summed E-state index contributed by atoms with van der Waals surface area (Å²) in [6.45, 7) is 7.89. The molecule has 0 saturated heterocycles. The minimum atomic E-state index is -0.583. The van der Waals surface area contributed by atoms with Crippen LogP contribution in [0.4, 0.5) is 4.39 Å². The average molecular weight is 379 g/mol. The van der Waals surface area contributed by atoms with Crippen LogP contribution in [0.25, 0.3) is 6.08 Å². The van der Waals surface area contributed by atoms with Gasteiger partial charge in [-0.2, -0.15) is 0 Å². The van der Waals surface area contributed by atoms with Crippen LogP contribution in [-0.2, 0) is 9.53 Å². The Balaban J connectivity index is 1.88. The Labute approximate surface area is 162 Å². The maximum atomic E-state index is 13.1. The molecule has 0 unspecified atom stereocenters. The van der Waals surface area contributed by atoms with Gasteiger partial charge >= 0.3 is 5.97 Å². The van der Waals surface area contributed by atoms with Crippen LogP contribution in [0.1, 0.15) is 11.1 Å². The molecule has 0 spiro atoms. The number of halogens is 1. The number of benzene rings is 2. The molecular formula is C22H18FNO4. The molecule has 0 fully saturated rings. The van der Waals surface area contributed by atoms with Gasteiger partial charge in [-0.1, -0.05) is 31.4 Å². The molecule has 1 heterocycles. The quantitative estimate of drug-likeness (QED) is 0.390. The van der Waals surface area contributed by atoms with Gasteiger partial charge in [0.05, 0.1) is 0 Å². The van der Waals surface area contributed by atoms with Crippen LogP contribution >= 0.6 is 0 Å². The molecule has 2 aromatic rings. The predicted molar refractivity (Wildman–Crippen MR) is 105 cm³/mol. The van der Waals surface area contributed by atoms with Gasteiger partial charge in [0.2, 0.25) is 5.90 Å². The van der Waals surface area contributed by atoms with Crippen molar-refractivity contribution < 1.29 is 23.4 Å². The first kappa shape index (κ1) is 19.1. The van der Waals surface area contributed by atoms with E-state index in [2.05, 4.69) is 18.2 Å². The molecule has 1 aliphatic heterocycles. The summed E-state index contributed by atoms with van der Waals surface area (Å²) in [5, 5.41) is 0. The Kier molecular flexibility index (Phi) is 6.01. The second-order valence-electron chi connectivity index (χ2n) is 5.75. The molecule has 0 N–H and O–H groups in total. The van der Waals surface area contributed by atoms with Gasteiger partial charge in [0.1, 0.15) is 19.0 Å². The summed E-state index contributed by atoms with van der Waals surface area (Å²) < 4.78 is 29.4. The van der Waals surface area contributed by atoms with E-state index in [1.54, 1.807) is 36.4 Å². The molecule has 5 nitrogen and oxygen atoms in total. The van der Waals surface area contributed by atoms with Crippen LogP contribution in [0.2, 0.25) is 0 Å². The molecule has 2 aromatic carbocycles. The molecule has 142 valence electrons. The van der Waals surface area contributed by atoms with E-state index in [9.17, 15) is 9.18 Å². The highest BCUT2D eigenvalue weighted by Crippen LogP contribution is 2.30. The van der Waals surface area contributed by atoms with Crippen molar-refractivity contribution in [1.29, 1.82) is 0 Å². The molecule has 0 aromatic heterocycles. The SMILES string of the molecule is C=CCOc1ccc(C=C2N=C(c3ccc(F)cc3)OC2=O)cc1OCC=C. The van der Waals surface area contributed by atoms with Crippen molar-refractivity contribution in [2.45, 2.75) is 0 Å². The molecule has 0 radical (unpaired) electrons. The van der Waals surface area contributed by atoms with Gasteiger partial charge in [-0.05, 0) is 48.0 Å². The van der Waals surface area contributed by atoms with Crippen molar-refractivity contribution in [2.75, 3.05) is 13.2 Å². The van der Waals surface area contributed by atoms with Crippen molar-refractivity contribution in [3.05, 3.63) is 90.4 Å². The molecule has 0 saturated carbocycles. The van der Waals surface area contributed by atoms with Crippen LogP contribution in [0.3, 0.4) is 0 Å². The van der Waals surface area contributed by atoms with Crippen LogP contribution in [0.15, 0.2) is 78.5 Å². The topological polar surface area (TPSA) is 57.1 Å². The largest absolute Gasteiger partial charge is 0.486 e. The Morgan fingerprint density at radius 1 is 1.00 bits per heavy atom. The summed E-state index contributed by atoms with van der Waals surface area (Å²) >= 11 is 0. The molecular weight excluding hydrogens is 361 g/mol. The number of ether oxygens (including phenoxy) is 3. The molecule has 3 rings (SSSR count). The molecule has 6 heteroatoms. The summed E-state index contributed by atoms with van der Waals surface area (Å²) in [6.07, 6.45) is 4.83. The van der Waals surface area contributed by atoms with E-state index in [0.29, 0.717) is 35.8 Å². The summed E-state index contributed by atoms with van der Waals surface area (Å²) in [7, 11) is 0. The van der Waals surface area contributed by atoms with Crippen LogP contribution in [0.5, 0.6) is 11.5 Å². The molecule has 0 bridgehead atoms. The zero-order valence-corrected chi connectivity index (χ0v) is 15.1. The van der Waals surface area contributed by atoms with Crippen LogP contribution < -0.4 is 9.47 Å². The fourth-order valence-corrected chi connectivity index (χ4v) is 2.43. The summed E-state index contributed by atoms with van der Waals surface area (Å²) in [6, 6.07) is 10.8. The van der Waals surface area contributed by atoms with Gasteiger partial charge in [0, 0.05) is 5.56 Å². The fraction of sp³-hybridized carbons (Fsp3) is 0.0909. The second-order valence-corrected chi connectivity index (χ2v) is 5.75. The van der Waals surface area contributed by atoms with E-state index in [0.717, 1.165) is 0 Å². The highest BCUT2D eigenvalue weighted by Gasteiger charge is 2.24. The minimum absolute atomic E-state index is 0.130. The number of carbonyl (C=O) groups is 1. The summed E-state index contributed by atoms with van der Waals surface area (Å²) in [5.41, 5.74) is 1.33. The zero-order valence-electron chi connectivity index (χ0n) is 15.1. The van der Waals surface area contributed by atoms with E-state index < -0.39 is 5.97 Å². The first-order valence-electron chi connectivity index (χ1n) is 8.50. The van der Waals surface area contributed by atoms with Crippen molar-refractivity contribution in [1.82, 2.24) is 0 Å².